The lowest BCUT2D eigenvalue weighted by Gasteiger charge is -2.20. The first-order valence-corrected chi connectivity index (χ1v) is 4.88. The average Bonchev–Trinajstić information content (AvgIpc) is 2.53. The predicted octanol–water partition coefficient (Wildman–Crippen LogP) is 0.836. The molecule has 0 unspecified atom stereocenters. The van der Waals surface area contributed by atoms with Crippen molar-refractivity contribution in [2.75, 3.05) is 5.73 Å². The van der Waals surface area contributed by atoms with Crippen LogP contribution in [0.5, 0.6) is 0 Å². The van der Waals surface area contributed by atoms with Gasteiger partial charge < -0.3 is 5.73 Å². The Morgan fingerprint density at radius 1 is 1.31 bits per heavy atom. The van der Waals surface area contributed by atoms with E-state index >= 15 is 0 Å². The van der Waals surface area contributed by atoms with Crippen molar-refractivity contribution in [2.24, 2.45) is 5.92 Å². The molecule has 2 rings (SSSR count). The van der Waals surface area contributed by atoms with Crippen molar-refractivity contribution < 1.29 is 0 Å². The minimum atomic E-state index is 0.274. The first-order chi connectivity index (χ1) is 6.34. The van der Waals surface area contributed by atoms with Gasteiger partial charge in [-0.15, -0.1) is 5.10 Å². The van der Waals surface area contributed by atoms with Gasteiger partial charge in [-0.05, 0) is 24.0 Å². The van der Waals surface area contributed by atoms with Crippen LogP contribution in [0, 0.1) is 5.92 Å². The Balaban J connectivity index is 1.89. The van der Waals surface area contributed by atoms with Gasteiger partial charge in [-0.1, -0.05) is 24.4 Å². The fourth-order valence-electron chi connectivity index (χ4n) is 1.93. The van der Waals surface area contributed by atoms with Crippen LogP contribution in [-0.4, -0.2) is 20.2 Å². The van der Waals surface area contributed by atoms with Gasteiger partial charge in [0, 0.05) is 0 Å². The maximum atomic E-state index is 5.38. The summed E-state index contributed by atoms with van der Waals surface area (Å²) in [6.07, 6.45) is 6.65. The van der Waals surface area contributed by atoms with Gasteiger partial charge in [0.2, 0.25) is 0 Å². The van der Waals surface area contributed by atoms with Crippen molar-refractivity contribution in [3.05, 3.63) is 0 Å². The average molecular weight is 181 g/mol. The molecule has 0 radical (unpaired) electrons. The molecule has 1 saturated carbocycles. The summed E-state index contributed by atoms with van der Waals surface area (Å²) in [4.78, 5) is 1.62. The van der Waals surface area contributed by atoms with Crippen molar-refractivity contribution in [2.45, 2.75) is 38.6 Å². The normalized spacial score (nSPS) is 19.1. The molecule has 0 spiro atoms. The molecule has 0 bridgehead atoms. The Hall–Kier alpha value is -1.13. The third-order valence-corrected chi connectivity index (χ3v) is 2.61. The first-order valence-electron chi connectivity index (χ1n) is 4.88. The van der Waals surface area contributed by atoms with Crippen LogP contribution < -0.4 is 5.73 Å². The second kappa shape index (κ2) is 3.72. The van der Waals surface area contributed by atoms with Gasteiger partial charge in [0.05, 0.1) is 6.54 Å². The maximum Gasteiger partial charge on any atom is 0.260 e. The van der Waals surface area contributed by atoms with Gasteiger partial charge in [-0.3, -0.25) is 0 Å². The third kappa shape index (κ3) is 2.17. The quantitative estimate of drug-likeness (QED) is 0.733. The van der Waals surface area contributed by atoms with E-state index in [2.05, 4.69) is 15.4 Å². The number of aromatic nitrogens is 4. The minimum absolute atomic E-state index is 0.274. The summed E-state index contributed by atoms with van der Waals surface area (Å²) in [6.45, 7) is 0.879. The molecule has 0 saturated heterocycles. The van der Waals surface area contributed by atoms with Crippen LogP contribution >= 0.6 is 0 Å². The second-order valence-electron chi connectivity index (χ2n) is 3.71. The molecule has 5 heteroatoms. The van der Waals surface area contributed by atoms with E-state index in [1.165, 1.54) is 32.1 Å². The Morgan fingerprint density at radius 3 is 2.69 bits per heavy atom. The maximum absolute atomic E-state index is 5.38. The van der Waals surface area contributed by atoms with Gasteiger partial charge in [0.25, 0.3) is 5.95 Å². The van der Waals surface area contributed by atoms with Gasteiger partial charge in [-0.25, -0.2) is 0 Å². The number of hydrogen-bond donors (Lipinski definition) is 1. The van der Waals surface area contributed by atoms with E-state index in [1.54, 1.807) is 4.80 Å². The van der Waals surface area contributed by atoms with Crippen LogP contribution in [0.25, 0.3) is 0 Å². The number of nitrogens with two attached hydrogens (primary N) is 1. The standard InChI is InChI=1S/C8H15N5/c9-8-10-12-13(11-8)6-7-4-2-1-3-5-7/h7H,1-6H2,(H2,9,11). The molecular weight excluding hydrogens is 166 g/mol. The number of nitrogen functional groups attached to an aromatic ring is 1. The molecule has 1 fully saturated rings. The van der Waals surface area contributed by atoms with Crippen LogP contribution in [0.15, 0.2) is 0 Å². The fourth-order valence-corrected chi connectivity index (χ4v) is 1.93. The molecule has 0 amide bonds. The van der Waals surface area contributed by atoms with Crippen LogP contribution in [0.3, 0.4) is 0 Å². The Kier molecular flexibility index (Phi) is 2.42. The number of rotatable bonds is 2. The van der Waals surface area contributed by atoms with Crippen molar-refractivity contribution in [1.29, 1.82) is 0 Å². The minimum Gasteiger partial charge on any atom is -0.365 e. The lowest BCUT2D eigenvalue weighted by molar-refractivity contribution is 0.291. The van der Waals surface area contributed by atoms with Gasteiger partial charge >= 0.3 is 0 Å². The largest absolute Gasteiger partial charge is 0.365 e. The van der Waals surface area contributed by atoms with E-state index < -0.39 is 0 Å². The zero-order valence-electron chi connectivity index (χ0n) is 7.69. The molecule has 0 aromatic carbocycles. The zero-order valence-corrected chi connectivity index (χ0v) is 7.69. The topological polar surface area (TPSA) is 69.6 Å². The summed E-state index contributed by atoms with van der Waals surface area (Å²) in [7, 11) is 0. The second-order valence-corrected chi connectivity index (χ2v) is 3.71. The van der Waals surface area contributed by atoms with Crippen LogP contribution in [0.1, 0.15) is 32.1 Å². The summed E-state index contributed by atoms with van der Waals surface area (Å²) in [5.41, 5.74) is 5.38. The van der Waals surface area contributed by atoms with E-state index in [4.69, 9.17) is 5.73 Å². The van der Waals surface area contributed by atoms with Crippen molar-refractivity contribution in [3.63, 3.8) is 0 Å². The molecule has 1 aromatic heterocycles. The molecule has 1 aromatic rings. The molecular formula is C8H15N5. The molecule has 1 aliphatic rings. The summed E-state index contributed by atoms with van der Waals surface area (Å²) in [5.74, 6) is 0.998. The van der Waals surface area contributed by atoms with E-state index in [9.17, 15) is 0 Å². The molecule has 0 aliphatic heterocycles. The first kappa shape index (κ1) is 8.47. The predicted molar refractivity (Wildman–Crippen MR) is 48.8 cm³/mol. The van der Waals surface area contributed by atoms with Gasteiger partial charge in [0.15, 0.2) is 0 Å². The Bertz CT molecular complexity index is 263. The highest BCUT2D eigenvalue weighted by Gasteiger charge is 2.14. The smallest absolute Gasteiger partial charge is 0.260 e. The third-order valence-electron chi connectivity index (χ3n) is 2.61. The van der Waals surface area contributed by atoms with Crippen LogP contribution in [0.2, 0.25) is 0 Å². The summed E-state index contributed by atoms with van der Waals surface area (Å²) in [6, 6.07) is 0. The SMILES string of the molecule is Nc1nnn(CC2CCCCC2)n1. The molecule has 5 nitrogen and oxygen atoms in total. The number of hydrogen-bond acceptors (Lipinski definition) is 4. The lowest BCUT2D eigenvalue weighted by Crippen LogP contribution is -2.16. The molecule has 13 heavy (non-hydrogen) atoms. The highest BCUT2D eigenvalue weighted by molar-refractivity contribution is 5.06. The van der Waals surface area contributed by atoms with Gasteiger partial charge in [0.1, 0.15) is 0 Å². The molecule has 72 valence electrons. The number of tetrazole rings is 1. The van der Waals surface area contributed by atoms with Crippen LogP contribution in [-0.2, 0) is 6.54 Å². The molecule has 0 atom stereocenters. The van der Waals surface area contributed by atoms with E-state index in [0.29, 0.717) is 0 Å². The molecule has 1 aliphatic carbocycles. The van der Waals surface area contributed by atoms with Crippen molar-refractivity contribution in [1.82, 2.24) is 20.2 Å². The van der Waals surface area contributed by atoms with Crippen molar-refractivity contribution in [3.8, 4) is 0 Å². The fraction of sp³-hybridized carbons (Fsp3) is 0.875. The monoisotopic (exact) mass is 181 g/mol. The highest BCUT2D eigenvalue weighted by Crippen LogP contribution is 2.24. The van der Waals surface area contributed by atoms with E-state index in [0.717, 1.165) is 12.5 Å². The Morgan fingerprint density at radius 2 is 2.08 bits per heavy atom. The number of anilines is 1. The molecule has 2 N–H and O–H groups in total. The zero-order chi connectivity index (χ0) is 9.10. The van der Waals surface area contributed by atoms with E-state index in [1.807, 2.05) is 0 Å². The van der Waals surface area contributed by atoms with E-state index in [-0.39, 0.29) is 5.95 Å². The number of nitrogens with zero attached hydrogens (tertiary/aromatic N) is 4. The molecule has 1 heterocycles. The lowest BCUT2D eigenvalue weighted by atomic mass is 9.89. The summed E-state index contributed by atoms with van der Waals surface area (Å²) in [5, 5.41) is 11.5. The van der Waals surface area contributed by atoms with Crippen molar-refractivity contribution >= 4 is 5.95 Å². The Labute approximate surface area is 77.3 Å². The summed E-state index contributed by atoms with van der Waals surface area (Å²) < 4.78 is 0. The van der Waals surface area contributed by atoms with Gasteiger partial charge in [-0.2, -0.15) is 4.80 Å². The summed E-state index contributed by atoms with van der Waals surface area (Å²) >= 11 is 0. The van der Waals surface area contributed by atoms with Crippen LogP contribution in [0.4, 0.5) is 5.95 Å². The highest BCUT2D eigenvalue weighted by atomic mass is 15.6.